The van der Waals surface area contributed by atoms with Crippen molar-refractivity contribution in [3.8, 4) is 11.8 Å². The van der Waals surface area contributed by atoms with E-state index < -0.39 is 17.6 Å². The van der Waals surface area contributed by atoms with E-state index in [4.69, 9.17) is 9.15 Å². The van der Waals surface area contributed by atoms with Gasteiger partial charge in [-0.05, 0) is 43.2 Å². The zero-order valence-electron chi connectivity index (χ0n) is 13.1. The summed E-state index contributed by atoms with van der Waals surface area (Å²) in [6, 6.07) is 9.97. The van der Waals surface area contributed by atoms with Crippen molar-refractivity contribution in [3.05, 3.63) is 47.9 Å². The fourth-order valence-electron chi connectivity index (χ4n) is 2.47. The Morgan fingerprint density at radius 1 is 1.29 bits per heavy atom. The van der Waals surface area contributed by atoms with E-state index in [-0.39, 0.29) is 5.92 Å². The maximum atomic E-state index is 12.6. The Balaban J connectivity index is 1.74. The SMILES string of the molecule is COc1ccc(NC(=O)[C@H](C#N)C(=O)c2ccoc2C2CC2)cc1. The molecule has 0 aliphatic heterocycles. The Morgan fingerprint density at radius 2 is 2.00 bits per heavy atom. The molecule has 0 bridgehead atoms. The van der Waals surface area contributed by atoms with Crippen molar-refractivity contribution in [2.45, 2.75) is 18.8 Å². The molecule has 2 aromatic rings. The Bertz CT molecular complexity index is 797. The van der Waals surface area contributed by atoms with Gasteiger partial charge in [0.2, 0.25) is 5.91 Å². The van der Waals surface area contributed by atoms with Crippen LogP contribution in [0.4, 0.5) is 5.69 Å². The summed E-state index contributed by atoms with van der Waals surface area (Å²) < 4.78 is 10.4. The molecule has 1 N–H and O–H groups in total. The van der Waals surface area contributed by atoms with Crippen molar-refractivity contribution < 1.29 is 18.7 Å². The van der Waals surface area contributed by atoms with Crippen molar-refractivity contribution in [3.63, 3.8) is 0 Å². The molecule has 1 aliphatic rings. The summed E-state index contributed by atoms with van der Waals surface area (Å²) >= 11 is 0. The largest absolute Gasteiger partial charge is 0.497 e. The first kappa shape index (κ1) is 15.8. The average Bonchev–Trinajstić information content (AvgIpc) is 3.32. The number of nitrogens with one attached hydrogen (secondary N) is 1. The van der Waals surface area contributed by atoms with E-state index in [1.165, 1.54) is 12.3 Å². The number of ether oxygens (including phenoxy) is 1. The molecule has 24 heavy (non-hydrogen) atoms. The zero-order valence-corrected chi connectivity index (χ0v) is 13.1. The van der Waals surface area contributed by atoms with Crippen molar-refractivity contribution in [2.75, 3.05) is 12.4 Å². The van der Waals surface area contributed by atoms with Gasteiger partial charge >= 0.3 is 0 Å². The van der Waals surface area contributed by atoms with E-state index in [0.717, 1.165) is 12.8 Å². The predicted octanol–water partition coefficient (Wildman–Crippen LogP) is 3.13. The fourth-order valence-corrected chi connectivity index (χ4v) is 2.47. The average molecular weight is 324 g/mol. The smallest absolute Gasteiger partial charge is 0.249 e. The van der Waals surface area contributed by atoms with E-state index in [1.54, 1.807) is 37.4 Å². The van der Waals surface area contributed by atoms with Gasteiger partial charge in [0.05, 0.1) is 25.0 Å². The third kappa shape index (κ3) is 3.15. The molecule has 1 fully saturated rings. The summed E-state index contributed by atoms with van der Waals surface area (Å²) in [6.45, 7) is 0. The lowest BCUT2D eigenvalue weighted by Gasteiger charge is -2.10. The number of ketones is 1. The van der Waals surface area contributed by atoms with Crippen LogP contribution in [-0.2, 0) is 4.79 Å². The third-order valence-electron chi connectivity index (χ3n) is 3.92. The highest BCUT2D eigenvalue weighted by Gasteiger charge is 2.35. The van der Waals surface area contributed by atoms with Gasteiger partial charge in [0.15, 0.2) is 11.7 Å². The first-order chi connectivity index (χ1) is 11.6. The van der Waals surface area contributed by atoms with Gasteiger partial charge in [-0.25, -0.2) is 0 Å². The minimum absolute atomic E-state index is 0.225. The van der Waals surface area contributed by atoms with Gasteiger partial charge in [-0.1, -0.05) is 0 Å². The quantitative estimate of drug-likeness (QED) is 0.651. The second-order valence-corrected chi connectivity index (χ2v) is 5.62. The van der Waals surface area contributed by atoms with Crippen LogP contribution in [0.3, 0.4) is 0 Å². The number of furan rings is 1. The van der Waals surface area contributed by atoms with Crippen LogP contribution in [0, 0.1) is 17.2 Å². The van der Waals surface area contributed by atoms with E-state index in [9.17, 15) is 14.9 Å². The number of methoxy groups -OCH3 is 1. The number of nitrogens with zero attached hydrogens (tertiary/aromatic N) is 1. The number of nitriles is 1. The van der Waals surface area contributed by atoms with E-state index in [0.29, 0.717) is 22.8 Å². The van der Waals surface area contributed by atoms with Crippen LogP contribution in [0.15, 0.2) is 41.0 Å². The fraction of sp³-hybridized carbons (Fsp3) is 0.278. The van der Waals surface area contributed by atoms with Crippen LogP contribution in [0.5, 0.6) is 5.75 Å². The van der Waals surface area contributed by atoms with Crippen LogP contribution >= 0.6 is 0 Å². The highest BCUT2D eigenvalue weighted by atomic mass is 16.5. The summed E-state index contributed by atoms with van der Waals surface area (Å²) in [5.41, 5.74) is 0.817. The van der Waals surface area contributed by atoms with Crippen molar-refractivity contribution in [1.82, 2.24) is 0 Å². The molecule has 3 rings (SSSR count). The number of benzene rings is 1. The van der Waals surface area contributed by atoms with Gasteiger partial charge in [-0.2, -0.15) is 5.26 Å². The lowest BCUT2D eigenvalue weighted by Crippen LogP contribution is -2.29. The highest BCUT2D eigenvalue weighted by molar-refractivity contribution is 6.16. The molecule has 1 saturated carbocycles. The molecule has 6 nitrogen and oxygen atoms in total. The first-order valence-corrected chi connectivity index (χ1v) is 7.60. The minimum Gasteiger partial charge on any atom is -0.497 e. The molecule has 1 amide bonds. The van der Waals surface area contributed by atoms with Crippen LogP contribution in [0.2, 0.25) is 0 Å². The molecule has 122 valence electrons. The molecule has 0 unspecified atom stereocenters. The summed E-state index contributed by atoms with van der Waals surface area (Å²) in [7, 11) is 1.54. The Kier molecular flexibility index (Phi) is 4.34. The Hall–Kier alpha value is -3.07. The zero-order chi connectivity index (χ0) is 17.1. The van der Waals surface area contributed by atoms with Crippen LogP contribution < -0.4 is 10.1 Å². The third-order valence-corrected chi connectivity index (χ3v) is 3.92. The number of anilines is 1. The number of hydrogen-bond donors (Lipinski definition) is 1. The number of carbonyl (C=O) groups is 2. The van der Waals surface area contributed by atoms with E-state index in [1.807, 2.05) is 0 Å². The van der Waals surface area contributed by atoms with Crippen molar-refractivity contribution in [1.29, 1.82) is 5.26 Å². The number of Topliss-reactive ketones (excluding diaryl/α,β-unsaturated/α-hetero) is 1. The molecule has 0 spiro atoms. The topological polar surface area (TPSA) is 92.3 Å². The van der Waals surface area contributed by atoms with Gasteiger partial charge in [-0.3, -0.25) is 9.59 Å². The van der Waals surface area contributed by atoms with E-state index >= 15 is 0 Å². The molecule has 0 saturated heterocycles. The van der Waals surface area contributed by atoms with Gasteiger partial charge in [0, 0.05) is 11.6 Å². The molecule has 1 aliphatic carbocycles. The Morgan fingerprint density at radius 3 is 2.58 bits per heavy atom. The molecule has 1 heterocycles. The van der Waals surface area contributed by atoms with Gasteiger partial charge < -0.3 is 14.5 Å². The number of amides is 1. The van der Waals surface area contributed by atoms with Crippen LogP contribution in [0.25, 0.3) is 0 Å². The number of hydrogen-bond acceptors (Lipinski definition) is 5. The molecule has 1 atom stereocenters. The van der Waals surface area contributed by atoms with E-state index in [2.05, 4.69) is 5.32 Å². The normalized spacial score (nSPS) is 14.5. The molecule has 0 radical (unpaired) electrons. The lowest BCUT2D eigenvalue weighted by molar-refractivity contribution is -0.117. The second-order valence-electron chi connectivity index (χ2n) is 5.62. The predicted molar refractivity (Wildman–Crippen MR) is 85.7 cm³/mol. The highest BCUT2D eigenvalue weighted by Crippen LogP contribution is 2.42. The van der Waals surface area contributed by atoms with Gasteiger partial charge in [-0.15, -0.1) is 0 Å². The van der Waals surface area contributed by atoms with Crippen molar-refractivity contribution >= 4 is 17.4 Å². The molecular formula is C18H16N2O4. The summed E-state index contributed by atoms with van der Waals surface area (Å²) in [5, 5.41) is 11.9. The lowest BCUT2D eigenvalue weighted by atomic mass is 9.97. The molecule has 1 aromatic carbocycles. The monoisotopic (exact) mass is 324 g/mol. The second kappa shape index (κ2) is 6.59. The van der Waals surface area contributed by atoms with Gasteiger partial charge in [0.1, 0.15) is 11.5 Å². The van der Waals surface area contributed by atoms with Gasteiger partial charge in [0.25, 0.3) is 0 Å². The van der Waals surface area contributed by atoms with Crippen LogP contribution in [0.1, 0.15) is 34.9 Å². The molecule has 6 heteroatoms. The van der Waals surface area contributed by atoms with Crippen molar-refractivity contribution in [2.24, 2.45) is 5.92 Å². The maximum Gasteiger partial charge on any atom is 0.249 e. The summed E-state index contributed by atoms with van der Waals surface area (Å²) in [5.74, 6) is -1.15. The molecule has 1 aromatic heterocycles. The summed E-state index contributed by atoms with van der Waals surface area (Å²) in [4.78, 5) is 24.9. The minimum atomic E-state index is -1.41. The number of rotatable bonds is 6. The standard InChI is InChI=1S/C18H16N2O4/c1-23-13-6-4-12(5-7-13)20-18(22)15(10-19)16(21)14-8-9-24-17(14)11-2-3-11/h4-9,11,15H,2-3H2,1H3,(H,20,22)/t15-/m1/s1. The van der Waals surface area contributed by atoms with Crippen LogP contribution in [-0.4, -0.2) is 18.8 Å². The maximum absolute atomic E-state index is 12.6. The first-order valence-electron chi connectivity index (χ1n) is 7.60. The summed E-state index contributed by atoms with van der Waals surface area (Å²) in [6.07, 6.45) is 3.35. The Labute approximate surface area is 139 Å². The number of carbonyl (C=O) groups excluding carboxylic acids is 2. The molecular weight excluding hydrogens is 308 g/mol.